The molecule has 1 unspecified atom stereocenters. The normalized spacial score (nSPS) is 26.3. The third-order valence-corrected chi connectivity index (χ3v) is 3.88. The lowest BCUT2D eigenvalue weighted by atomic mass is 9.85. The van der Waals surface area contributed by atoms with Crippen LogP contribution in [0, 0.1) is 5.92 Å². The Morgan fingerprint density at radius 3 is 3.00 bits per heavy atom. The Morgan fingerprint density at radius 2 is 2.47 bits per heavy atom. The minimum absolute atomic E-state index is 0.339. The molecule has 1 aliphatic rings. The summed E-state index contributed by atoms with van der Waals surface area (Å²) < 4.78 is 0. The standard InChI is InChI=1S/C12H20N2S/c1-10(2)8-12(4-3-5-14-12)9-11-13-6-7-15-11/h6-7,10,14H,3-5,8-9H2,1-2H3. The van der Waals surface area contributed by atoms with Gasteiger partial charge in [0.1, 0.15) is 0 Å². The van der Waals surface area contributed by atoms with Gasteiger partial charge in [-0.2, -0.15) is 0 Å². The molecule has 2 heterocycles. The van der Waals surface area contributed by atoms with Crippen molar-refractivity contribution in [1.82, 2.24) is 10.3 Å². The van der Waals surface area contributed by atoms with Crippen LogP contribution >= 0.6 is 11.3 Å². The lowest BCUT2D eigenvalue weighted by Crippen LogP contribution is -2.43. The summed E-state index contributed by atoms with van der Waals surface area (Å²) >= 11 is 1.78. The smallest absolute Gasteiger partial charge is 0.0943 e. The zero-order valence-corrected chi connectivity index (χ0v) is 10.4. The maximum absolute atomic E-state index is 4.41. The van der Waals surface area contributed by atoms with Gasteiger partial charge >= 0.3 is 0 Å². The van der Waals surface area contributed by atoms with Crippen molar-refractivity contribution in [3.63, 3.8) is 0 Å². The van der Waals surface area contributed by atoms with E-state index in [0.29, 0.717) is 5.54 Å². The van der Waals surface area contributed by atoms with Gasteiger partial charge in [-0.15, -0.1) is 11.3 Å². The van der Waals surface area contributed by atoms with Crippen LogP contribution in [0.25, 0.3) is 0 Å². The van der Waals surface area contributed by atoms with Gasteiger partial charge in [0.05, 0.1) is 5.01 Å². The molecule has 1 N–H and O–H groups in total. The van der Waals surface area contributed by atoms with E-state index in [9.17, 15) is 0 Å². The molecule has 84 valence electrons. The van der Waals surface area contributed by atoms with Crippen LogP contribution in [0.15, 0.2) is 11.6 Å². The Labute approximate surface area is 96.1 Å². The quantitative estimate of drug-likeness (QED) is 0.850. The van der Waals surface area contributed by atoms with Crippen molar-refractivity contribution in [2.75, 3.05) is 6.54 Å². The van der Waals surface area contributed by atoms with E-state index in [1.165, 1.54) is 30.8 Å². The molecule has 1 aromatic heterocycles. The summed E-state index contributed by atoms with van der Waals surface area (Å²) in [5, 5.41) is 7.07. The molecule has 0 aliphatic carbocycles. The van der Waals surface area contributed by atoms with Crippen LogP contribution in [-0.2, 0) is 6.42 Å². The van der Waals surface area contributed by atoms with Crippen LogP contribution in [0.2, 0.25) is 0 Å². The van der Waals surface area contributed by atoms with Crippen molar-refractivity contribution in [3.05, 3.63) is 16.6 Å². The van der Waals surface area contributed by atoms with E-state index in [1.807, 2.05) is 6.20 Å². The van der Waals surface area contributed by atoms with E-state index in [0.717, 1.165) is 12.3 Å². The molecule has 0 saturated carbocycles. The van der Waals surface area contributed by atoms with Crippen LogP contribution in [0.3, 0.4) is 0 Å². The van der Waals surface area contributed by atoms with Crippen LogP contribution in [0.4, 0.5) is 0 Å². The van der Waals surface area contributed by atoms with Gasteiger partial charge in [-0.25, -0.2) is 4.98 Å². The first-order chi connectivity index (χ1) is 7.20. The SMILES string of the molecule is CC(C)CC1(Cc2nccs2)CCCN1. The first-order valence-electron chi connectivity index (χ1n) is 5.84. The van der Waals surface area contributed by atoms with E-state index in [1.54, 1.807) is 11.3 Å². The zero-order valence-electron chi connectivity index (χ0n) is 9.62. The lowest BCUT2D eigenvalue weighted by Gasteiger charge is -2.30. The molecule has 0 spiro atoms. The molecule has 2 nitrogen and oxygen atoms in total. The van der Waals surface area contributed by atoms with Crippen LogP contribution in [0.5, 0.6) is 0 Å². The number of thiazole rings is 1. The molecule has 1 atom stereocenters. The van der Waals surface area contributed by atoms with Gasteiger partial charge < -0.3 is 5.32 Å². The molecule has 3 heteroatoms. The summed E-state index contributed by atoms with van der Waals surface area (Å²) in [6.07, 6.45) is 6.93. The average Bonchev–Trinajstić information content (AvgIpc) is 2.76. The van der Waals surface area contributed by atoms with Gasteiger partial charge in [-0.3, -0.25) is 0 Å². The predicted octanol–water partition coefficient (Wildman–Crippen LogP) is 2.85. The van der Waals surface area contributed by atoms with E-state index in [-0.39, 0.29) is 0 Å². The largest absolute Gasteiger partial charge is 0.311 e. The average molecular weight is 224 g/mol. The second-order valence-electron chi connectivity index (χ2n) is 5.01. The second kappa shape index (κ2) is 4.62. The fourth-order valence-electron chi connectivity index (χ4n) is 2.68. The molecule has 1 aromatic rings. The number of aromatic nitrogens is 1. The zero-order chi connectivity index (χ0) is 10.7. The molecule has 0 bridgehead atoms. The number of rotatable bonds is 4. The molecule has 1 aliphatic heterocycles. The van der Waals surface area contributed by atoms with Gasteiger partial charge in [0.15, 0.2) is 0 Å². The maximum Gasteiger partial charge on any atom is 0.0943 e. The number of hydrogen-bond acceptors (Lipinski definition) is 3. The minimum atomic E-state index is 0.339. The molecule has 2 rings (SSSR count). The molecule has 15 heavy (non-hydrogen) atoms. The summed E-state index contributed by atoms with van der Waals surface area (Å²) in [4.78, 5) is 4.41. The summed E-state index contributed by atoms with van der Waals surface area (Å²) in [6.45, 7) is 5.80. The summed E-state index contributed by atoms with van der Waals surface area (Å²) in [6, 6.07) is 0. The number of hydrogen-bond donors (Lipinski definition) is 1. The third-order valence-electron chi connectivity index (χ3n) is 3.10. The number of nitrogens with zero attached hydrogens (tertiary/aromatic N) is 1. The third kappa shape index (κ3) is 2.79. The summed E-state index contributed by atoms with van der Waals surface area (Å²) in [7, 11) is 0. The van der Waals surface area contributed by atoms with Crippen molar-refractivity contribution < 1.29 is 0 Å². The van der Waals surface area contributed by atoms with Gasteiger partial charge in [0, 0.05) is 23.5 Å². The van der Waals surface area contributed by atoms with Crippen molar-refractivity contribution >= 4 is 11.3 Å². The fourth-order valence-corrected chi connectivity index (χ4v) is 3.44. The molecule has 0 aromatic carbocycles. The molecular weight excluding hydrogens is 204 g/mol. The van der Waals surface area contributed by atoms with Crippen molar-refractivity contribution in [3.8, 4) is 0 Å². The predicted molar refractivity (Wildman–Crippen MR) is 65.2 cm³/mol. The maximum atomic E-state index is 4.41. The Morgan fingerprint density at radius 1 is 1.60 bits per heavy atom. The Balaban J connectivity index is 2.05. The van der Waals surface area contributed by atoms with Crippen molar-refractivity contribution in [1.29, 1.82) is 0 Å². The lowest BCUT2D eigenvalue weighted by molar-refractivity contribution is 0.301. The van der Waals surface area contributed by atoms with Gasteiger partial charge in [-0.05, 0) is 31.7 Å². The van der Waals surface area contributed by atoms with E-state index < -0.39 is 0 Å². The molecule has 1 fully saturated rings. The molecule has 0 radical (unpaired) electrons. The summed E-state index contributed by atoms with van der Waals surface area (Å²) in [5.74, 6) is 0.760. The monoisotopic (exact) mass is 224 g/mol. The molecule has 0 amide bonds. The van der Waals surface area contributed by atoms with Gasteiger partial charge in [-0.1, -0.05) is 13.8 Å². The van der Waals surface area contributed by atoms with Crippen molar-refractivity contribution in [2.24, 2.45) is 5.92 Å². The minimum Gasteiger partial charge on any atom is -0.311 e. The molecule has 1 saturated heterocycles. The second-order valence-corrected chi connectivity index (χ2v) is 5.99. The number of nitrogens with one attached hydrogen (secondary N) is 1. The fraction of sp³-hybridized carbons (Fsp3) is 0.750. The van der Waals surface area contributed by atoms with Crippen molar-refractivity contribution in [2.45, 2.75) is 45.1 Å². The first-order valence-corrected chi connectivity index (χ1v) is 6.72. The molecular formula is C12H20N2S. The van der Waals surface area contributed by atoms with Crippen LogP contribution < -0.4 is 5.32 Å². The van der Waals surface area contributed by atoms with E-state index >= 15 is 0 Å². The Kier molecular flexibility index (Phi) is 3.42. The first kappa shape index (κ1) is 11.1. The highest BCUT2D eigenvalue weighted by Gasteiger charge is 2.34. The summed E-state index contributed by atoms with van der Waals surface area (Å²) in [5.41, 5.74) is 0.339. The van der Waals surface area contributed by atoms with Gasteiger partial charge in [0.25, 0.3) is 0 Å². The highest BCUT2D eigenvalue weighted by molar-refractivity contribution is 7.09. The topological polar surface area (TPSA) is 24.9 Å². The highest BCUT2D eigenvalue weighted by Crippen LogP contribution is 2.30. The van der Waals surface area contributed by atoms with E-state index in [4.69, 9.17) is 0 Å². The van der Waals surface area contributed by atoms with Gasteiger partial charge in [0.2, 0.25) is 0 Å². The Hall–Kier alpha value is -0.410. The highest BCUT2D eigenvalue weighted by atomic mass is 32.1. The van der Waals surface area contributed by atoms with Crippen LogP contribution in [0.1, 0.15) is 38.1 Å². The van der Waals surface area contributed by atoms with E-state index in [2.05, 4.69) is 29.5 Å². The Bertz CT molecular complexity index is 287. The van der Waals surface area contributed by atoms with Crippen LogP contribution in [-0.4, -0.2) is 17.1 Å².